The van der Waals surface area contributed by atoms with Gasteiger partial charge in [0.15, 0.2) is 11.6 Å². The van der Waals surface area contributed by atoms with E-state index in [1.54, 1.807) is 0 Å². The third-order valence-electron chi connectivity index (χ3n) is 3.70. The monoisotopic (exact) mass is 307 g/mol. The maximum Gasteiger partial charge on any atom is 0.393 e. The van der Waals surface area contributed by atoms with Crippen molar-refractivity contribution >= 4 is 5.91 Å². The van der Waals surface area contributed by atoms with E-state index in [1.807, 2.05) is 0 Å². The zero-order chi connectivity index (χ0) is 15.6. The molecule has 2 unspecified atom stereocenters. The molecule has 21 heavy (non-hydrogen) atoms. The topological polar surface area (TPSA) is 29.1 Å². The van der Waals surface area contributed by atoms with Gasteiger partial charge in [0, 0.05) is 6.04 Å². The number of rotatable bonds is 2. The van der Waals surface area contributed by atoms with E-state index in [2.05, 4.69) is 5.32 Å². The van der Waals surface area contributed by atoms with E-state index in [0.29, 0.717) is 12.8 Å². The average molecular weight is 307 g/mol. The fraction of sp³-hybridized carbons (Fsp3) is 0.500. The van der Waals surface area contributed by atoms with Gasteiger partial charge >= 0.3 is 6.18 Å². The lowest BCUT2D eigenvalue weighted by Crippen LogP contribution is -2.47. The summed E-state index contributed by atoms with van der Waals surface area (Å²) in [5.74, 6) is -5.23. The Balaban J connectivity index is 2.15. The molecule has 7 heteroatoms. The van der Waals surface area contributed by atoms with Gasteiger partial charge in [-0.25, -0.2) is 8.78 Å². The van der Waals surface area contributed by atoms with Gasteiger partial charge < -0.3 is 5.32 Å². The van der Waals surface area contributed by atoms with E-state index in [0.717, 1.165) is 18.2 Å². The number of halogens is 5. The van der Waals surface area contributed by atoms with Crippen LogP contribution in [0.3, 0.4) is 0 Å². The van der Waals surface area contributed by atoms with Crippen LogP contribution in [-0.4, -0.2) is 18.1 Å². The van der Waals surface area contributed by atoms with Crippen LogP contribution in [0.4, 0.5) is 22.0 Å². The Labute approximate surface area is 118 Å². The van der Waals surface area contributed by atoms with E-state index in [4.69, 9.17) is 0 Å². The van der Waals surface area contributed by atoms with Gasteiger partial charge in [-0.05, 0) is 25.0 Å². The molecular weight excluding hydrogens is 293 g/mol. The third-order valence-corrected chi connectivity index (χ3v) is 3.70. The maximum absolute atomic E-state index is 13.5. The number of amides is 1. The second-order valence-electron chi connectivity index (χ2n) is 5.11. The summed E-state index contributed by atoms with van der Waals surface area (Å²) in [6.07, 6.45) is -3.32. The van der Waals surface area contributed by atoms with Crippen LogP contribution in [0.25, 0.3) is 0 Å². The molecule has 1 aromatic carbocycles. The molecule has 1 amide bonds. The van der Waals surface area contributed by atoms with Crippen LogP contribution >= 0.6 is 0 Å². The summed E-state index contributed by atoms with van der Waals surface area (Å²) in [6.45, 7) is 0. The Morgan fingerprint density at radius 3 is 2.48 bits per heavy atom. The number of benzene rings is 1. The summed E-state index contributed by atoms with van der Waals surface area (Å²) in [7, 11) is 0. The van der Waals surface area contributed by atoms with Crippen LogP contribution in [0, 0.1) is 17.6 Å². The van der Waals surface area contributed by atoms with Crippen molar-refractivity contribution in [2.24, 2.45) is 5.92 Å². The van der Waals surface area contributed by atoms with Crippen molar-refractivity contribution in [1.82, 2.24) is 5.32 Å². The maximum atomic E-state index is 13.5. The lowest BCUT2D eigenvalue weighted by Gasteiger charge is -2.33. The summed E-state index contributed by atoms with van der Waals surface area (Å²) in [5.41, 5.74) is -0.582. The molecule has 1 saturated carbocycles. The van der Waals surface area contributed by atoms with Gasteiger partial charge in [-0.15, -0.1) is 0 Å². The van der Waals surface area contributed by atoms with E-state index in [-0.39, 0.29) is 12.8 Å². The highest BCUT2D eigenvalue weighted by Gasteiger charge is 2.46. The molecule has 0 heterocycles. The number of alkyl halides is 3. The number of nitrogens with one attached hydrogen (secondary N) is 1. The predicted molar refractivity (Wildman–Crippen MR) is 65.6 cm³/mol. The van der Waals surface area contributed by atoms with Crippen molar-refractivity contribution in [3.05, 3.63) is 35.4 Å². The van der Waals surface area contributed by atoms with Crippen molar-refractivity contribution in [2.45, 2.75) is 37.9 Å². The third kappa shape index (κ3) is 3.51. The standard InChI is InChI=1S/C14H14F5NO/c15-10-6-3-4-8(12(10)16)13(21)20-11-7-2-1-5-9(11)14(17,18)19/h3-4,6,9,11H,1-2,5,7H2,(H,20,21). The zero-order valence-corrected chi connectivity index (χ0v) is 11.0. The second kappa shape index (κ2) is 5.99. The van der Waals surface area contributed by atoms with Crippen molar-refractivity contribution in [2.75, 3.05) is 0 Å². The number of carbonyl (C=O) groups is 1. The van der Waals surface area contributed by atoms with E-state index < -0.39 is 41.2 Å². The Kier molecular flexibility index (Phi) is 4.49. The summed E-state index contributed by atoms with van der Waals surface area (Å²) in [5, 5.41) is 2.19. The van der Waals surface area contributed by atoms with Crippen LogP contribution in [0.2, 0.25) is 0 Å². The van der Waals surface area contributed by atoms with Crippen LogP contribution < -0.4 is 5.32 Å². The molecule has 0 aliphatic heterocycles. The highest BCUT2D eigenvalue weighted by Crippen LogP contribution is 2.37. The molecule has 1 aliphatic carbocycles. The average Bonchev–Trinajstić information content (AvgIpc) is 2.41. The first-order chi connectivity index (χ1) is 9.80. The quantitative estimate of drug-likeness (QED) is 0.827. The summed E-state index contributed by atoms with van der Waals surface area (Å²) in [4.78, 5) is 11.9. The van der Waals surface area contributed by atoms with Gasteiger partial charge in [0.2, 0.25) is 0 Å². The summed E-state index contributed by atoms with van der Waals surface area (Å²) < 4.78 is 65.2. The van der Waals surface area contributed by atoms with E-state index in [1.165, 1.54) is 0 Å². The molecule has 0 radical (unpaired) electrons. The minimum absolute atomic E-state index is 0.0694. The molecule has 116 valence electrons. The molecular formula is C14H14F5NO. The Morgan fingerprint density at radius 2 is 1.81 bits per heavy atom. The normalized spacial score (nSPS) is 22.9. The van der Waals surface area contributed by atoms with Crippen LogP contribution in [0.1, 0.15) is 36.0 Å². The minimum Gasteiger partial charge on any atom is -0.349 e. The second-order valence-corrected chi connectivity index (χ2v) is 5.11. The summed E-state index contributed by atoms with van der Waals surface area (Å²) in [6, 6.07) is 1.91. The molecule has 0 aromatic heterocycles. The summed E-state index contributed by atoms with van der Waals surface area (Å²) >= 11 is 0. The molecule has 1 fully saturated rings. The lowest BCUT2D eigenvalue weighted by molar-refractivity contribution is -0.187. The zero-order valence-electron chi connectivity index (χ0n) is 11.0. The Bertz CT molecular complexity index is 529. The molecule has 1 aromatic rings. The lowest BCUT2D eigenvalue weighted by atomic mass is 9.84. The first kappa shape index (κ1) is 15.7. The first-order valence-electron chi connectivity index (χ1n) is 6.62. The van der Waals surface area contributed by atoms with E-state index >= 15 is 0 Å². The van der Waals surface area contributed by atoms with Crippen molar-refractivity contribution in [3.8, 4) is 0 Å². The van der Waals surface area contributed by atoms with Crippen molar-refractivity contribution in [3.63, 3.8) is 0 Å². The molecule has 2 atom stereocenters. The Hall–Kier alpha value is -1.66. The SMILES string of the molecule is O=C(NC1CCCCC1C(F)(F)F)c1cccc(F)c1F. The van der Waals surface area contributed by atoms with Crippen LogP contribution in [0.15, 0.2) is 18.2 Å². The van der Waals surface area contributed by atoms with Gasteiger partial charge in [-0.2, -0.15) is 13.2 Å². The largest absolute Gasteiger partial charge is 0.393 e. The fourth-order valence-electron chi connectivity index (χ4n) is 2.62. The number of hydrogen-bond donors (Lipinski definition) is 1. The molecule has 0 bridgehead atoms. The highest BCUT2D eigenvalue weighted by atomic mass is 19.4. The van der Waals surface area contributed by atoms with Gasteiger partial charge in [0.1, 0.15) is 0 Å². The first-order valence-corrected chi connectivity index (χ1v) is 6.62. The van der Waals surface area contributed by atoms with Crippen molar-refractivity contribution < 1.29 is 26.7 Å². The molecule has 1 aliphatic rings. The molecule has 2 nitrogen and oxygen atoms in total. The fourth-order valence-corrected chi connectivity index (χ4v) is 2.62. The molecule has 1 N–H and O–H groups in total. The van der Waals surface area contributed by atoms with Gasteiger partial charge in [-0.1, -0.05) is 18.9 Å². The Morgan fingerprint density at radius 1 is 1.14 bits per heavy atom. The van der Waals surface area contributed by atoms with Gasteiger partial charge in [0.05, 0.1) is 11.5 Å². The van der Waals surface area contributed by atoms with Gasteiger partial charge in [0.25, 0.3) is 5.91 Å². The van der Waals surface area contributed by atoms with Crippen LogP contribution in [0.5, 0.6) is 0 Å². The molecule has 0 saturated heterocycles. The molecule has 0 spiro atoms. The minimum atomic E-state index is -4.42. The van der Waals surface area contributed by atoms with Crippen molar-refractivity contribution in [1.29, 1.82) is 0 Å². The predicted octanol–water partition coefficient (Wildman–Crippen LogP) is 3.82. The number of hydrogen-bond acceptors (Lipinski definition) is 1. The smallest absolute Gasteiger partial charge is 0.349 e. The van der Waals surface area contributed by atoms with Gasteiger partial charge in [-0.3, -0.25) is 4.79 Å². The van der Waals surface area contributed by atoms with E-state index in [9.17, 15) is 26.7 Å². The van der Waals surface area contributed by atoms with Crippen LogP contribution in [-0.2, 0) is 0 Å². The number of carbonyl (C=O) groups excluding carboxylic acids is 1. The highest BCUT2D eigenvalue weighted by molar-refractivity contribution is 5.94. The molecule has 2 rings (SSSR count).